The van der Waals surface area contributed by atoms with E-state index in [1.54, 1.807) is 18.0 Å². The normalized spacial score (nSPS) is 20.0. The number of ether oxygens (including phenoxy) is 1. The van der Waals surface area contributed by atoms with Crippen LogP contribution in [0.1, 0.15) is 40.5 Å². The predicted octanol–water partition coefficient (Wildman–Crippen LogP) is 2.42. The Balaban J connectivity index is 2.80. The molecule has 0 spiro atoms. The highest BCUT2D eigenvalue weighted by Crippen LogP contribution is 2.23. The third kappa shape index (κ3) is 4.54. The van der Waals surface area contributed by atoms with E-state index in [2.05, 4.69) is 0 Å². The zero-order valence-electron chi connectivity index (χ0n) is 13.4. The number of rotatable bonds is 3. The molecule has 20 heavy (non-hydrogen) atoms. The van der Waals surface area contributed by atoms with Gasteiger partial charge in [0.25, 0.3) is 0 Å². The maximum atomic E-state index is 12.4. The Labute approximate surface area is 121 Å². The van der Waals surface area contributed by atoms with Gasteiger partial charge in [-0.1, -0.05) is 0 Å². The van der Waals surface area contributed by atoms with Crippen LogP contribution < -0.4 is 0 Å². The highest BCUT2D eigenvalue weighted by atomic mass is 16.6. The maximum absolute atomic E-state index is 12.4. The topological polar surface area (TPSA) is 49.9 Å². The van der Waals surface area contributed by atoms with Gasteiger partial charge in [0.05, 0.1) is 6.04 Å². The van der Waals surface area contributed by atoms with Crippen LogP contribution in [0.3, 0.4) is 0 Å². The summed E-state index contributed by atoms with van der Waals surface area (Å²) in [7, 11) is 3.74. The molecule has 0 bridgehead atoms. The molecule has 0 aromatic heterocycles. The summed E-state index contributed by atoms with van der Waals surface area (Å²) in [5, 5.41) is 0. The third-order valence-electron chi connectivity index (χ3n) is 3.02. The van der Waals surface area contributed by atoms with Crippen LogP contribution in [-0.2, 0) is 9.53 Å². The van der Waals surface area contributed by atoms with Crippen molar-refractivity contribution in [1.82, 2.24) is 9.80 Å². The van der Waals surface area contributed by atoms with Gasteiger partial charge >= 0.3 is 6.09 Å². The number of nitrogens with zero attached hydrogens (tertiary/aromatic N) is 2. The van der Waals surface area contributed by atoms with Crippen molar-refractivity contribution >= 4 is 11.9 Å². The molecule has 1 aliphatic heterocycles. The van der Waals surface area contributed by atoms with Gasteiger partial charge in [0.2, 0.25) is 0 Å². The van der Waals surface area contributed by atoms with Gasteiger partial charge in [-0.2, -0.15) is 0 Å². The lowest BCUT2D eigenvalue weighted by Gasteiger charge is -2.28. The van der Waals surface area contributed by atoms with E-state index in [4.69, 9.17) is 4.74 Å². The minimum atomic E-state index is -0.540. The first kappa shape index (κ1) is 16.5. The van der Waals surface area contributed by atoms with Crippen LogP contribution in [0.5, 0.6) is 0 Å². The van der Waals surface area contributed by atoms with Crippen LogP contribution in [0.25, 0.3) is 0 Å². The second-order valence-electron chi connectivity index (χ2n) is 6.47. The van der Waals surface area contributed by atoms with Crippen molar-refractivity contribution in [3.63, 3.8) is 0 Å². The molecule has 1 amide bonds. The molecule has 1 rings (SSSR count). The lowest BCUT2D eigenvalue weighted by atomic mass is 10.0. The molecule has 1 aliphatic rings. The van der Waals surface area contributed by atoms with E-state index >= 15 is 0 Å². The Morgan fingerprint density at radius 3 is 2.40 bits per heavy atom. The molecule has 1 heterocycles. The first-order valence-corrected chi connectivity index (χ1v) is 7.00. The fourth-order valence-corrected chi connectivity index (χ4v) is 2.29. The van der Waals surface area contributed by atoms with Gasteiger partial charge in [-0.15, -0.1) is 0 Å². The number of carbonyl (C=O) groups excluding carboxylic acids is 2. The fourth-order valence-electron chi connectivity index (χ4n) is 2.29. The Hall–Kier alpha value is -1.52. The second-order valence-corrected chi connectivity index (χ2v) is 6.47. The van der Waals surface area contributed by atoms with E-state index in [1.165, 1.54) is 0 Å². The monoisotopic (exact) mass is 282 g/mol. The molecular formula is C15H26N2O3. The summed E-state index contributed by atoms with van der Waals surface area (Å²) in [6.45, 7) is 7.85. The summed E-state index contributed by atoms with van der Waals surface area (Å²) in [6.07, 6.45) is 2.93. The SMILES string of the molecule is CC(=CN(C)C)C(=O)C1CCCN1C(=O)OC(C)(C)C. The molecule has 1 saturated heterocycles. The number of carbonyl (C=O) groups is 2. The average molecular weight is 282 g/mol. The summed E-state index contributed by atoms with van der Waals surface area (Å²) in [4.78, 5) is 27.9. The zero-order chi connectivity index (χ0) is 15.5. The Morgan fingerprint density at radius 2 is 1.90 bits per heavy atom. The van der Waals surface area contributed by atoms with Crippen molar-refractivity contribution in [3.05, 3.63) is 11.8 Å². The molecule has 0 aromatic rings. The largest absolute Gasteiger partial charge is 0.444 e. The van der Waals surface area contributed by atoms with Crippen LogP contribution in [0, 0.1) is 0 Å². The van der Waals surface area contributed by atoms with Crippen molar-refractivity contribution in [1.29, 1.82) is 0 Å². The van der Waals surface area contributed by atoms with E-state index < -0.39 is 11.7 Å². The van der Waals surface area contributed by atoms with Crippen molar-refractivity contribution < 1.29 is 14.3 Å². The summed E-state index contributed by atoms with van der Waals surface area (Å²) < 4.78 is 5.37. The molecule has 5 nitrogen and oxygen atoms in total. The summed E-state index contributed by atoms with van der Waals surface area (Å²) in [5.41, 5.74) is 0.123. The fraction of sp³-hybridized carbons (Fsp3) is 0.733. The van der Waals surface area contributed by atoms with Gasteiger partial charge in [-0.25, -0.2) is 4.79 Å². The van der Waals surface area contributed by atoms with E-state index in [1.807, 2.05) is 39.8 Å². The summed E-state index contributed by atoms with van der Waals surface area (Å²) in [6, 6.07) is -0.388. The van der Waals surface area contributed by atoms with Crippen molar-refractivity contribution in [2.24, 2.45) is 0 Å². The lowest BCUT2D eigenvalue weighted by molar-refractivity contribution is -0.119. The van der Waals surface area contributed by atoms with E-state index in [0.717, 1.165) is 6.42 Å². The highest BCUT2D eigenvalue weighted by Gasteiger charge is 2.36. The van der Waals surface area contributed by atoms with Crippen LogP contribution in [-0.4, -0.2) is 54.0 Å². The maximum Gasteiger partial charge on any atom is 0.410 e. The number of likely N-dealkylation sites (tertiary alicyclic amines) is 1. The molecule has 0 N–H and O–H groups in total. The number of ketones is 1. The van der Waals surface area contributed by atoms with E-state index in [0.29, 0.717) is 18.5 Å². The van der Waals surface area contributed by atoms with Gasteiger partial charge in [0.1, 0.15) is 5.60 Å². The van der Waals surface area contributed by atoms with Gasteiger partial charge in [-0.3, -0.25) is 9.69 Å². The van der Waals surface area contributed by atoms with Crippen LogP contribution in [0.15, 0.2) is 11.8 Å². The molecular weight excluding hydrogens is 256 g/mol. The Kier molecular flexibility index (Phi) is 5.20. The zero-order valence-corrected chi connectivity index (χ0v) is 13.4. The molecule has 5 heteroatoms. The number of amides is 1. The van der Waals surface area contributed by atoms with Crippen molar-refractivity contribution in [3.8, 4) is 0 Å². The van der Waals surface area contributed by atoms with Gasteiger partial charge < -0.3 is 9.64 Å². The van der Waals surface area contributed by atoms with Crippen LogP contribution in [0.4, 0.5) is 4.79 Å². The minimum absolute atomic E-state index is 0.00191. The van der Waals surface area contributed by atoms with Crippen molar-refractivity contribution in [2.75, 3.05) is 20.6 Å². The number of Topliss-reactive ketones (excluding diaryl/α,β-unsaturated/α-hetero) is 1. The molecule has 1 atom stereocenters. The van der Waals surface area contributed by atoms with Crippen molar-refractivity contribution in [2.45, 2.75) is 52.2 Å². The summed E-state index contributed by atoms with van der Waals surface area (Å²) >= 11 is 0. The lowest BCUT2D eigenvalue weighted by Crippen LogP contribution is -2.43. The molecule has 0 aliphatic carbocycles. The van der Waals surface area contributed by atoms with Crippen LogP contribution in [0.2, 0.25) is 0 Å². The summed E-state index contributed by atoms with van der Waals surface area (Å²) in [5.74, 6) is 0.00191. The quantitative estimate of drug-likeness (QED) is 0.746. The first-order chi connectivity index (χ1) is 9.11. The molecule has 0 radical (unpaired) electrons. The second kappa shape index (κ2) is 6.29. The smallest absolute Gasteiger partial charge is 0.410 e. The minimum Gasteiger partial charge on any atom is -0.444 e. The third-order valence-corrected chi connectivity index (χ3v) is 3.02. The standard InChI is InChI=1S/C15H26N2O3/c1-11(10-16(5)6)13(18)12-8-7-9-17(12)14(19)20-15(2,3)4/h10,12H,7-9H2,1-6H3. The molecule has 0 saturated carbocycles. The Morgan fingerprint density at radius 1 is 1.30 bits per heavy atom. The number of hydrogen-bond donors (Lipinski definition) is 0. The van der Waals surface area contributed by atoms with Crippen LogP contribution >= 0.6 is 0 Å². The highest BCUT2D eigenvalue weighted by molar-refractivity contribution is 6.00. The number of hydrogen-bond acceptors (Lipinski definition) is 4. The molecule has 114 valence electrons. The van der Waals surface area contributed by atoms with Gasteiger partial charge in [-0.05, 0) is 40.5 Å². The van der Waals surface area contributed by atoms with Gasteiger partial charge in [0.15, 0.2) is 5.78 Å². The first-order valence-electron chi connectivity index (χ1n) is 7.00. The van der Waals surface area contributed by atoms with E-state index in [9.17, 15) is 9.59 Å². The predicted molar refractivity (Wildman–Crippen MR) is 78.4 cm³/mol. The van der Waals surface area contributed by atoms with E-state index in [-0.39, 0.29) is 11.8 Å². The average Bonchev–Trinajstić information content (AvgIpc) is 2.73. The Bertz CT molecular complexity index is 408. The molecule has 1 unspecified atom stereocenters. The molecule has 0 aromatic carbocycles. The molecule has 1 fully saturated rings. The van der Waals surface area contributed by atoms with Gasteiger partial charge in [0, 0.05) is 32.4 Å².